The van der Waals surface area contributed by atoms with Crippen LogP contribution < -0.4 is 4.74 Å². The summed E-state index contributed by atoms with van der Waals surface area (Å²) in [5.41, 5.74) is 1.99. The lowest BCUT2D eigenvalue weighted by Gasteiger charge is -2.35. The van der Waals surface area contributed by atoms with Gasteiger partial charge in [0.05, 0.1) is 7.11 Å². The average molecular weight is 382 g/mol. The smallest absolute Gasteiger partial charge is 0.226 e. The monoisotopic (exact) mass is 382 g/mol. The van der Waals surface area contributed by atoms with E-state index in [9.17, 15) is 9.18 Å². The zero-order valence-corrected chi connectivity index (χ0v) is 16.3. The Labute approximate surface area is 165 Å². The number of carbonyl (C=O) groups excluding carboxylic acids is 1. The molecule has 1 aliphatic heterocycles. The maximum absolute atomic E-state index is 13.9. The van der Waals surface area contributed by atoms with E-state index >= 15 is 0 Å². The third kappa shape index (κ3) is 4.20. The van der Waals surface area contributed by atoms with E-state index < -0.39 is 0 Å². The first-order chi connectivity index (χ1) is 13.7. The van der Waals surface area contributed by atoms with Gasteiger partial charge in [0.1, 0.15) is 11.6 Å². The molecule has 0 radical (unpaired) electrons. The summed E-state index contributed by atoms with van der Waals surface area (Å²) in [5, 5.41) is 0. The van der Waals surface area contributed by atoms with Crippen LogP contribution in [0, 0.1) is 11.7 Å². The number of amides is 1. The largest absolute Gasteiger partial charge is 0.497 e. The van der Waals surface area contributed by atoms with Gasteiger partial charge in [-0.25, -0.2) is 4.39 Å². The highest BCUT2D eigenvalue weighted by molar-refractivity contribution is 5.83. The summed E-state index contributed by atoms with van der Waals surface area (Å²) in [6.45, 7) is 4.33. The van der Waals surface area contributed by atoms with Crippen LogP contribution in [0.2, 0.25) is 0 Å². The summed E-state index contributed by atoms with van der Waals surface area (Å²) in [7, 11) is 1.68. The van der Waals surface area contributed by atoms with E-state index in [1.807, 2.05) is 29.2 Å². The van der Waals surface area contributed by atoms with Crippen molar-refractivity contribution in [3.05, 3.63) is 65.5 Å². The number of carbonyl (C=O) groups is 1. The zero-order valence-electron chi connectivity index (χ0n) is 16.3. The predicted molar refractivity (Wildman–Crippen MR) is 107 cm³/mol. The third-order valence-electron chi connectivity index (χ3n) is 5.97. The van der Waals surface area contributed by atoms with Gasteiger partial charge in [-0.15, -0.1) is 0 Å². The third-order valence-corrected chi connectivity index (χ3v) is 5.97. The minimum Gasteiger partial charge on any atom is -0.497 e. The molecule has 1 heterocycles. The van der Waals surface area contributed by atoms with Gasteiger partial charge >= 0.3 is 0 Å². The van der Waals surface area contributed by atoms with Gasteiger partial charge in [-0.3, -0.25) is 9.69 Å². The molecular formula is C23H27FN2O2. The highest BCUT2D eigenvalue weighted by Crippen LogP contribution is 2.49. The summed E-state index contributed by atoms with van der Waals surface area (Å²) in [4.78, 5) is 17.2. The second-order valence-electron chi connectivity index (χ2n) is 7.74. The Bertz CT molecular complexity index is 816. The Morgan fingerprint density at radius 3 is 2.46 bits per heavy atom. The number of methoxy groups -OCH3 is 1. The minimum absolute atomic E-state index is 0.0391. The molecule has 2 aromatic carbocycles. The number of piperazine rings is 1. The van der Waals surface area contributed by atoms with Crippen molar-refractivity contribution in [1.29, 1.82) is 0 Å². The van der Waals surface area contributed by atoms with Crippen LogP contribution in [-0.4, -0.2) is 55.5 Å². The molecule has 0 aromatic heterocycles. The van der Waals surface area contributed by atoms with Crippen molar-refractivity contribution in [2.75, 3.05) is 39.8 Å². The van der Waals surface area contributed by atoms with Gasteiger partial charge < -0.3 is 9.64 Å². The van der Waals surface area contributed by atoms with E-state index in [0.717, 1.165) is 51.3 Å². The summed E-state index contributed by atoms with van der Waals surface area (Å²) >= 11 is 0. The van der Waals surface area contributed by atoms with Crippen LogP contribution in [-0.2, 0) is 11.2 Å². The fourth-order valence-electron chi connectivity index (χ4n) is 4.09. The van der Waals surface area contributed by atoms with Crippen LogP contribution in [0.1, 0.15) is 23.5 Å². The van der Waals surface area contributed by atoms with Crippen molar-refractivity contribution in [3.8, 4) is 5.75 Å². The van der Waals surface area contributed by atoms with Crippen LogP contribution in [0.5, 0.6) is 5.75 Å². The maximum Gasteiger partial charge on any atom is 0.226 e. The molecule has 0 N–H and O–H groups in total. The first kappa shape index (κ1) is 18.9. The van der Waals surface area contributed by atoms with E-state index in [1.54, 1.807) is 13.2 Å². The molecule has 28 heavy (non-hydrogen) atoms. The molecular weight excluding hydrogens is 355 g/mol. The highest BCUT2D eigenvalue weighted by Gasteiger charge is 2.47. The molecule has 2 fully saturated rings. The predicted octanol–water partition coefficient (Wildman–Crippen LogP) is 3.32. The molecule has 1 saturated carbocycles. The zero-order chi connectivity index (χ0) is 19.5. The Balaban J connectivity index is 1.23. The van der Waals surface area contributed by atoms with Crippen molar-refractivity contribution >= 4 is 5.91 Å². The lowest BCUT2D eigenvalue weighted by molar-refractivity contribution is -0.134. The van der Waals surface area contributed by atoms with Crippen LogP contribution >= 0.6 is 0 Å². The van der Waals surface area contributed by atoms with Crippen LogP contribution in [0.4, 0.5) is 4.39 Å². The fourth-order valence-corrected chi connectivity index (χ4v) is 4.09. The molecule has 1 saturated heterocycles. The van der Waals surface area contributed by atoms with E-state index in [1.165, 1.54) is 11.6 Å². The first-order valence-electron chi connectivity index (χ1n) is 10.0. The van der Waals surface area contributed by atoms with Gasteiger partial charge in [-0.1, -0.05) is 30.3 Å². The number of halogens is 1. The van der Waals surface area contributed by atoms with Crippen LogP contribution in [0.3, 0.4) is 0 Å². The lowest BCUT2D eigenvalue weighted by atomic mass is 10.1. The van der Waals surface area contributed by atoms with Crippen molar-refractivity contribution in [3.63, 3.8) is 0 Å². The SMILES string of the molecule is COc1ccc(CCN2CCN(C(=O)C3CC3c3ccccc3F)CC2)cc1. The minimum atomic E-state index is -0.189. The van der Waals surface area contributed by atoms with Crippen LogP contribution in [0.25, 0.3) is 0 Å². The summed E-state index contributed by atoms with van der Waals surface area (Å²) < 4.78 is 19.1. The Morgan fingerprint density at radius 1 is 1.07 bits per heavy atom. The van der Waals surface area contributed by atoms with Gasteiger partial charge in [-0.05, 0) is 48.1 Å². The Morgan fingerprint density at radius 2 is 1.79 bits per heavy atom. The first-order valence-corrected chi connectivity index (χ1v) is 10.0. The molecule has 0 spiro atoms. The molecule has 148 valence electrons. The molecule has 0 bridgehead atoms. The number of rotatable bonds is 6. The van der Waals surface area contributed by atoms with Crippen LogP contribution in [0.15, 0.2) is 48.5 Å². The van der Waals surface area contributed by atoms with Gasteiger partial charge in [-0.2, -0.15) is 0 Å². The Kier molecular flexibility index (Phi) is 5.62. The van der Waals surface area contributed by atoms with Gasteiger partial charge in [0, 0.05) is 38.6 Å². The number of nitrogens with zero attached hydrogens (tertiary/aromatic N) is 2. The van der Waals surface area contributed by atoms with Crippen molar-refractivity contribution in [1.82, 2.24) is 9.80 Å². The fraction of sp³-hybridized carbons (Fsp3) is 0.435. The van der Waals surface area contributed by atoms with Crippen molar-refractivity contribution < 1.29 is 13.9 Å². The molecule has 2 aliphatic rings. The number of hydrogen-bond donors (Lipinski definition) is 0. The number of ether oxygens (including phenoxy) is 1. The lowest BCUT2D eigenvalue weighted by Crippen LogP contribution is -2.49. The number of benzene rings is 2. The second kappa shape index (κ2) is 8.31. The molecule has 1 amide bonds. The Hall–Kier alpha value is -2.40. The summed E-state index contributed by atoms with van der Waals surface area (Å²) in [5.74, 6) is 0.906. The van der Waals surface area contributed by atoms with E-state index in [2.05, 4.69) is 17.0 Å². The quantitative estimate of drug-likeness (QED) is 0.768. The van der Waals surface area contributed by atoms with Gasteiger partial charge in [0.25, 0.3) is 0 Å². The highest BCUT2D eigenvalue weighted by atomic mass is 19.1. The van der Waals surface area contributed by atoms with Crippen molar-refractivity contribution in [2.24, 2.45) is 5.92 Å². The maximum atomic E-state index is 13.9. The van der Waals surface area contributed by atoms with E-state index in [4.69, 9.17) is 4.74 Å². The number of hydrogen-bond acceptors (Lipinski definition) is 3. The molecule has 2 unspecified atom stereocenters. The molecule has 5 heteroatoms. The summed E-state index contributed by atoms with van der Waals surface area (Å²) in [6.07, 6.45) is 1.77. The normalized spacial score (nSPS) is 22.1. The van der Waals surface area contributed by atoms with Gasteiger partial charge in [0.2, 0.25) is 5.91 Å². The van der Waals surface area contributed by atoms with Gasteiger partial charge in [0.15, 0.2) is 0 Å². The molecule has 2 aromatic rings. The standard InChI is InChI=1S/C23H27FN2O2/c1-28-18-8-6-17(7-9-18)10-11-25-12-14-26(15-13-25)23(27)21-16-20(21)19-4-2-3-5-22(19)24/h2-9,20-21H,10-16H2,1H3. The second-order valence-corrected chi connectivity index (χ2v) is 7.74. The summed E-state index contributed by atoms with van der Waals surface area (Å²) in [6, 6.07) is 15.0. The van der Waals surface area contributed by atoms with Crippen molar-refractivity contribution in [2.45, 2.75) is 18.8 Å². The molecule has 1 aliphatic carbocycles. The average Bonchev–Trinajstić information content (AvgIpc) is 3.53. The topological polar surface area (TPSA) is 32.8 Å². The molecule has 4 nitrogen and oxygen atoms in total. The molecule has 2 atom stereocenters. The van der Waals surface area contributed by atoms with E-state index in [-0.39, 0.29) is 23.6 Å². The molecule has 4 rings (SSSR count). The van der Waals surface area contributed by atoms with E-state index in [0.29, 0.717) is 5.56 Å².